The molecule has 0 radical (unpaired) electrons. The van der Waals surface area contributed by atoms with Crippen LogP contribution < -0.4 is 5.73 Å². The molecule has 2 aromatic carbocycles. The first kappa shape index (κ1) is 14.0. The molecule has 3 N–H and O–H groups in total. The second-order valence-corrected chi connectivity index (χ2v) is 4.80. The van der Waals surface area contributed by atoms with Crippen molar-refractivity contribution in [2.24, 2.45) is 5.73 Å². The smallest absolute Gasteiger partial charge is 0.126 e. The molecule has 2 aromatic rings. The van der Waals surface area contributed by atoms with Crippen LogP contribution in [0.25, 0.3) is 0 Å². The highest BCUT2D eigenvalue weighted by Gasteiger charge is 2.24. The van der Waals surface area contributed by atoms with Crippen molar-refractivity contribution in [1.29, 1.82) is 0 Å². The molecule has 2 nitrogen and oxygen atoms in total. The first-order valence-electron chi connectivity index (χ1n) is 6.01. The lowest BCUT2D eigenvalue weighted by atomic mass is 9.89. The van der Waals surface area contributed by atoms with Crippen LogP contribution in [-0.2, 0) is 0 Å². The third-order valence-electron chi connectivity index (χ3n) is 3.13. The van der Waals surface area contributed by atoms with Crippen LogP contribution in [0.15, 0.2) is 48.5 Å². The van der Waals surface area contributed by atoms with Crippen molar-refractivity contribution < 1.29 is 9.50 Å². The average Bonchev–Trinajstić information content (AvgIpc) is 2.41. The van der Waals surface area contributed by atoms with Crippen LogP contribution in [0.2, 0.25) is 5.02 Å². The van der Waals surface area contributed by atoms with Crippen molar-refractivity contribution in [2.75, 3.05) is 6.54 Å². The van der Waals surface area contributed by atoms with E-state index in [1.54, 1.807) is 42.5 Å². The van der Waals surface area contributed by atoms with Gasteiger partial charge in [-0.1, -0.05) is 41.9 Å². The lowest BCUT2D eigenvalue weighted by molar-refractivity contribution is 0.145. The Bertz CT molecular complexity index is 561. The Morgan fingerprint density at radius 3 is 2.53 bits per heavy atom. The fourth-order valence-electron chi connectivity index (χ4n) is 2.12. The molecule has 0 aliphatic heterocycles. The summed E-state index contributed by atoms with van der Waals surface area (Å²) in [6, 6.07) is 13.2. The van der Waals surface area contributed by atoms with Crippen molar-refractivity contribution in [2.45, 2.75) is 12.0 Å². The van der Waals surface area contributed by atoms with E-state index in [1.807, 2.05) is 0 Å². The Morgan fingerprint density at radius 1 is 1.16 bits per heavy atom. The van der Waals surface area contributed by atoms with Crippen molar-refractivity contribution >= 4 is 11.6 Å². The zero-order chi connectivity index (χ0) is 13.8. The van der Waals surface area contributed by atoms with Gasteiger partial charge in [-0.3, -0.25) is 0 Å². The molecule has 2 rings (SSSR count). The van der Waals surface area contributed by atoms with Gasteiger partial charge in [0.05, 0.1) is 6.10 Å². The van der Waals surface area contributed by atoms with E-state index in [1.165, 1.54) is 6.07 Å². The second-order valence-electron chi connectivity index (χ2n) is 4.36. The van der Waals surface area contributed by atoms with Gasteiger partial charge in [-0.05, 0) is 29.3 Å². The molecule has 0 aromatic heterocycles. The number of benzene rings is 2. The number of hydrogen-bond acceptors (Lipinski definition) is 2. The van der Waals surface area contributed by atoms with Crippen LogP contribution in [0.5, 0.6) is 0 Å². The molecule has 19 heavy (non-hydrogen) atoms. The highest BCUT2D eigenvalue weighted by Crippen LogP contribution is 2.32. The SMILES string of the molecule is NCC(c1ccccc1F)C(O)c1cccc(Cl)c1. The first-order chi connectivity index (χ1) is 9.13. The number of rotatable bonds is 4. The van der Waals surface area contributed by atoms with Gasteiger partial charge in [-0.2, -0.15) is 0 Å². The Hall–Kier alpha value is -1.42. The fraction of sp³-hybridized carbons (Fsp3) is 0.200. The summed E-state index contributed by atoms with van der Waals surface area (Å²) in [7, 11) is 0. The van der Waals surface area contributed by atoms with Gasteiger partial charge in [0.1, 0.15) is 5.82 Å². The number of aliphatic hydroxyl groups is 1. The molecule has 100 valence electrons. The molecule has 0 spiro atoms. The Labute approximate surface area is 116 Å². The van der Waals surface area contributed by atoms with E-state index in [-0.39, 0.29) is 12.4 Å². The average molecular weight is 280 g/mol. The van der Waals surface area contributed by atoms with Crippen molar-refractivity contribution in [3.05, 3.63) is 70.5 Å². The minimum Gasteiger partial charge on any atom is -0.388 e. The lowest BCUT2D eigenvalue weighted by Crippen LogP contribution is -2.21. The lowest BCUT2D eigenvalue weighted by Gasteiger charge is -2.22. The maximum Gasteiger partial charge on any atom is 0.126 e. The third-order valence-corrected chi connectivity index (χ3v) is 3.37. The van der Waals surface area contributed by atoms with E-state index >= 15 is 0 Å². The van der Waals surface area contributed by atoms with Crippen LogP contribution in [0.3, 0.4) is 0 Å². The Kier molecular flexibility index (Phi) is 4.53. The van der Waals surface area contributed by atoms with E-state index in [4.69, 9.17) is 17.3 Å². The molecule has 2 atom stereocenters. The third kappa shape index (κ3) is 3.13. The van der Waals surface area contributed by atoms with Crippen LogP contribution in [-0.4, -0.2) is 11.7 Å². The topological polar surface area (TPSA) is 46.2 Å². The van der Waals surface area contributed by atoms with Gasteiger partial charge in [-0.15, -0.1) is 0 Å². The number of aliphatic hydroxyl groups excluding tert-OH is 1. The zero-order valence-electron chi connectivity index (χ0n) is 10.3. The summed E-state index contributed by atoms with van der Waals surface area (Å²) in [4.78, 5) is 0. The van der Waals surface area contributed by atoms with Gasteiger partial charge >= 0.3 is 0 Å². The monoisotopic (exact) mass is 279 g/mol. The van der Waals surface area contributed by atoms with Crippen LogP contribution in [0, 0.1) is 5.82 Å². The van der Waals surface area contributed by atoms with E-state index in [0.717, 1.165) is 0 Å². The molecule has 4 heteroatoms. The number of hydrogen-bond donors (Lipinski definition) is 2. The molecular formula is C15H15ClFNO. The largest absolute Gasteiger partial charge is 0.388 e. The van der Waals surface area contributed by atoms with Gasteiger partial charge in [0.2, 0.25) is 0 Å². The maximum atomic E-state index is 13.8. The molecule has 0 heterocycles. The number of halogens is 2. The summed E-state index contributed by atoms with van der Waals surface area (Å²) < 4.78 is 13.8. The summed E-state index contributed by atoms with van der Waals surface area (Å²) in [5.41, 5.74) is 6.74. The van der Waals surface area contributed by atoms with Gasteiger partial charge in [0, 0.05) is 17.5 Å². The standard InChI is InChI=1S/C15H15ClFNO/c16-11-5-3-4-10(8-11)15(19)13(9-18)12-6-1-2-7-14(12)17/h1-8,13,15,19H,9,18H2. The quantitative estimate of drug-likeness (QED) is 0.902. The van der Waals surface area contributed by atoms with E-state index < -0.39 is 12.0 Å². The second kappa shape index (κ2) is 6.15. The molecule has 0 bridgehead atoms. The maximum absolute atomic E-state index is 13.8. The zero-order valence-corrected chi connectivity index (χ0v) is 11.0. The summed E-state index contributed by atoms with van der Waals surface area (Å²) >= 11 is 5.90. The Morgan fingerprint density at radius 2 is 1.89 bits per heavy atom. The van der Waals surface area contributed by atoms with E-state index in [0.29, 0.717) is 16.1 Å². The minimum atomic E-state index is -0.888. The molecule has 0 amide bonds. The van der Waals surface area contributed by atoms with Gasteiger partial charge in [-0.25, -0.2) is 4.39 Å². The fourth-order valence-corrected chi connectivity index (χ4v) is 2.32. The van der Waals surface area contributed by atoms with Gasteiger partial charge in [0.15, 0.2) is 0 Å². The van der Waals surface area contributed by atoms with Crippen molar-refractivity contribution in [3.63, 3.8) is 0 Å². The van der Waals surface area contributed by atoms with Gasteiger partial charge < -0.3 is 10.8 Å². The van der Waals surface area contributed by atoms with Crippen molar-refractivity contribution in [3.8, 4) is 0 Å². The van der Waals surface area contributed by atoms with Gasteiger partial charge in [0.25, 0.3) is 0 Å². The molecule has 0 saturated carbocycles. The normalized spacial score (nSPS) is 14.1. The molecule has 0 aliphatic rings. The molecular weight excluding hydrogens is 265 g/mol. The first-order valence-corrected chi connectivity index (χ1v) is 6.39. The summed E-state index contributed by atoms with van der Waals surface area (Å²) in [6.45, 7) is 0.147. The van der Waals surface area contributed by atoms with Crippen molar-refractivity contribution in [1.82, 2.24) is 0 Å². The minimum absolute atomic E-state index is 0.147. The summed E-state index contributed by atoms with van der Waals surface area (Å²) in [5, 5.41) is 10.9. The van der Waals surface area contributed by atoms with E-state index in [2.05, 4.69) is 0 Å². The van der Waals surface area contributed by atoms with Crippen LogP contribution in [0.1, 0.15) is 23.1 Å². The molecule has 0 aliphatic carbocycles. The van der Waals surface area contributed by atoms with Crippen LogP contribution in [0.4, 0.5) is 4.39 Å². The van der Waals surface area contributed by atoms with E-state index in [9.17, 15) is 9.50 Å². The highest BCUT2D eigenvalue weighted by molar-refractivity contribution is 6.30. The molecule has 2 unspecified atom stereocenters. The predicted octanol–water partition coefficient (Wildman–Crippen LogP) is 3.26. The Balaban J connectivity index is 2.35. The number of nitrogens with two attached hydrogens (primary N) is 1. The molecule has 0 fully saturated rings. The summed E-state index contributed by atoms with van der Waals surface area (Å²) in [5.74, 6) is -0.862. The van der Waals surface area contributed by atoms with Crippen LogP contribution >= 0.6 is 11.6 Å². The predicted molar refractivity (Wildman–Crippen MR) is 74.6 cm³/mol. The highest BCUT2D eigenvalue weighted by atomic mass is 35.5. The molecule has 0 saturated heterocycles. The summed E-state index contributed by atoms with van der Waals surface area (Å²) in [6.07, 6.45) is -0.888.